The van der Waals surface area contributed by atoms with Crippen LogP contribution in [0.25, 0.3) is 0 Å². The van der Waals surface area contributed by atoms with E-state index < -0.39 is 5.97 Å². The molecule has 4 heteroatoms. The van der Waals surface area contributed by atoms with Crippen molar-refractivity contribution in [2.75, 3.05) is 0 Å². The lowest BCUT2D eigenvalue weighted by atomic mass is 10.1. The fourth-order valence-corrected chi connectivity index (χ4v) is 1.40. The van der Waals surface area contributed by atoms with Gasteiger partial charge >= 0.3 is 5.97 Å². The van der Waals surface area contributed by atoms with Crippen molar-refractivity contribution in [3.63, 3.8) is 0 Å². The molecule has 0 heterocycles. The molecule has 0 aromatic heterocycles. The first-order chi connectivity index (χ1) is 6.09. The Morgan fingerprint density at radius 1 is 1.46 bits per heavy atom. The van der Waals surface area contributed by atoms with E-state index in [1.54, 1.807) is 18.2 Å². The number of aryl methyl sites for hydroxylation is 1. The number of rotatable bonds is 3. The van der Waals surface area contributed by atoms with Crippen LogP contribution in [0, 0.1) is 0 Å². The molecule has 0 spiro atoms. The van der Waals surface area contributed by atoms with Gasteiger partial charge < -0.3 is 10.2 Å². The molecule has 0 unspecified atom stereocenters. The van der Waals surface area contributed by atoms with Crippen LogP contribution < -0.4 is 0 Å². The maximum Gasteiger partial charge on any atom is 0.303 e. The third-order valence-corrected chi connectivity index (χ3v) is 2.14. The number of carboxylic acid groups (broad SMARTS) is 1. The first-order valence-corrected chi connectivity index (χ1v) is 4.58. The van der Waals surface area contributed by atoms with E-state index in [4.69, 9.17) is 5.11 Å². The molecule has 0 saturated carbocycles. The molecule has 1 aromatic rings. The van der Waals surface area contributed by atoms with E-state index in [9.17, 15) is 9.90 Å². The minimum Gasteiger partial charge on any atom is -0.508 e. The Kier molecular flexibility index (Phi) is 3.31. The Morgan fingerprint density at radius 2 is 2.15 bits per heavy atom. The third kappa shape index (κ3) is 3.06. The smallest absolute Gasteiger partial charge is 0.303 e. The van der Waals surface area contributed by atoms with Gasteiger partial charge in [0.1, 0.15) is 5.75 Å². The first-order valence-electron chi connectivity index (χ1n) is 3.79. The van der Waals surface area contributed by atoms with Crippen molar-refractivity contribution in [2.24, 2.45) is 0 Å². The molecule has 0 amide bonds. The zero-order valence-electron chi connectivity index (χ0n) is 6.83. The lowest BCUT2D eigenvalue weighted by molar-refractivity contribution is -0.136. The van der Waals surface area contributed by atoms with Crippen LogP contribution in [0.2, 0.25) is 0 Å². The Labute approximate surface area is 84.1 Å². The minimum atomic E-state index is -0.862. The van der Waals surface area contributed by atoms with Gasteiger partial charge in [0.15, 0.2) is 0 Å². The lowest BCUT2D eigenvalue weighted by Crippen LogP contribution is -1.97. The average Bonchev–Trinajstić information content (AvgIpc) is 2.06. The number of phenols is 1. The van der Waals surface area contributed by atoms with Crippen LogP contribution in [-0.4, -0.2) is 16.2 Å². The molecule has 0 saturated heterocycles. The van der Waals surface area contributed by atoms with Crippen molar-refractivity contribution in [1.29, 1.82) is 0 Å². The molecule has 0 aliphatic rings. The molecule has 13 heavy (non-hydrogen) atoms. The van der Waals surface area contributed by atoms with Gasteiger partial charge in [-0.05, 0) is 30.2 Å². The van der Waals surface area contributed by atoms with Crippen LogP contribution in [0.5, 0.6) is 5.75 Å². The monoisotopic (exact) mass is 244 g/mol. The van der Waals surface area contributed by atoms with Crippen molar-refractivity contribution < 1.29 is 15.0 Å². The van der Waals surface area contributed by atoms with Gasteiger partial charge in [-0.25, -0.2) is 0 Å². The summed E-state index contributed by atoms with van der Waals surface area (Å²) >= 11 is 3.24. The molecular formula is C9H9BrO3. The first kappa shape index (κ1) is 10.1. The fourth-order valence-electron chi connectivity index (χ4n) is 0.996. The van der Waals surface area contributed by atoms with Gasteiger partial charge in [0.05, 0.1) is 0 Å². The van der Waals surface area contributed by atoms with Crippen molar-refractivity contribution >= 4 is 21.9 Å². The highest BCUT2D eigenvalue weighted by molar-refractivity contribution is 9.10. The molecule has 2 N–H and O–H groups in total. The third-order valence-electron chi connectivity index (χ3n) is 1.65. The summed E-state index contributed by atoms with van der Waals surface area (Å²) in [7, 11) is 0. The summed E-state index contributed by atoms with van der Waals surface area (Å²) in [4.78, 5) is 10.3. The summed E-state index contributed by atoms with van der Waals surface area (Å²) in [6.07, 6.45) is 0.380. The molecule has 0 bridgehead atoms. The number of halogens is 1. The highest BCUT2D eigenvalue weighted by atomic mass is 79.9. The predicted octanol–water partition coefficient (Wildman–Crippen LogP) is 2.17. The number of carbonyl (C=O) groups is 1. The molecule has 0 aliphatic carbocycles. The molecule has 0 radical (unpaired) electrons. The number of hydrogen-bond acceptors (Lipinski definition) is 2. The normalized spacial score (nSPS) is 9.92. The average molecular weight is 245 g/mol. The largest absolute Gasteiger partial charge is 0.508 e. The predicted molar refractivity (Wildman–Crippen MR) is 51.8 cm³/mol. The molecule has 3 nitrogen and oxygen atoms in total. The van der Waals surface area contributed by atoms with Gasteiger partial charge in [0.2, 0.25) is 0 Å². The standard InChI is InChI=1S/C9H9BrO3/c10-7-2-3-8(11)6(5-7)1-4-9(12)13/h2-3,5,11H,1,4H2,(H,12,13). The van der Waals surface area contributed by atoms with Gasteiger partial charge in [-0.3, -0.25) is 4.79 Å². The van der Waals surface area contributed by atoms with Crippen molar-refractivity contribution in [2.45, 2.75) is 12.8 Å². The second-order valence-electron chi connectivity index (χ2n) is 2.67. The summed E-state index contributed by atoms with van der Waals surface area (Å²) < 4.78 is 0.839. The van der Waals surface area contributed by atoms with Crippen LogP contribution in [0.15, 0.2) is 22.7 Å². The fraction of sp³-hybridized carbons (Fsp3) is 0.222. The van der Waals surface area contributed by atoms with Gasteiger partial charge in [0.25, 0.3) is 0 Å². The van der Waals surface area contributed by atoms with E-state index in [1.165, 1.54) is 0 Å². The number of phenolic OH excluding ortho intramolecular Hbond substituents is 1. The molecule has 0 atom stereocenters. The van der Waals surface area contributed by atoms with Gasteiger partial charge in [0, 0.05) is 10.9 Å². The maximum atomic E-state index is 10.3. The summed E-state index contributed by atoms with van der Waals surface area (Å²) in [6, 6.07) is 4.97. The van der Waals surface area contributed by atoms with Crippen LogP contribution in [0.1, 0.15) is 12.0 Å². The van der Waals surface area contributed by atoms with E-state index >= 15 is 0 Å². The Balaban J connectivity index is 2.75. The number of aliphatic carboxylic acids is 1. The number of hydrogen-bond donors (Lipinski definition) is 2. The van der Waals surface area contributed by atoms with Crippen LogP contribution in [-0.2, 0) is 11.2 Å². The number of carboxylic acids is 1. The summed E-state index contributed by atoms with van der Waals surface area (Å²) in [5.41, 5.74) is 0.650. The second-order valence-corrected chi connectivity index (χ2v) is 3.58. The molecule has 0 fully saturated rings. The minimum absolute atomic E-state index is 0.0318. The topological polar surface area (TPSA) is 57.5 Å². The quantitative estimate of drug-likeness (QED) is 0.857. The SMILES string of the molecule is O=C(O)CCc1cc(Br)ccc1O. The van der Waals surface area contributed by atoms with E-state index in [0.717, 1.165) is 4.47 Å². The molecule has 70 valence electrons. The molecular weight excluding hydrogens is 236 g/mol. The Hall–Kier alpha value is -1.03. The lowest BCUT2D eigenvalue weighted by Gasteiger charge is -2.02. The van der Waals surface area contributed by atoms with E-state index in [2.05, 4.69) is 15.9 Å². The second kappa shape index (κ2) is 4.28. The number of aromatic hydroxyl groups is 1. The van der Waals surface area contributed by atoms with Crippen LogP contribution >= 0.6 is 15.9 Å². The van der Waals surface area contributed by atoms with Crippen LogP contribution in [0.4, 0.5) is 0 Å². The van der Waals surface area contributed by atoms with Crippen LogP contribution in [0.3, 0.4) is 0 Å². The van der Waals surface area contributed by atoms with Crippen molar-refractivity contribution in [3.05, 3.63) is 28.2 Å². The highest BCUT2D eigenvalue weighted by Crippen LogP contribution is 2.22. The zero-order chi connectivity index (χ0) is 9.84. The van der Waals surface area contributed by atoms with Crippen molar-refractivity contribution in [3.8, 4) is 5.75 Å². The van der Waals surface area contributed by atoms with E-state index in [-0.39, 0.29) is 12.2 Å². The maximum absolute atomic E-state index is 10.3. The number of benzene rings is 1. The van der Waals surface area contributed by atoms with Gasteiger partial charge in [-0.1, -0.05) is 15.9 Å². The molecule has 1 aromatic carbocycles. The Bertz CT molecular complexity index is 323. The van der Waals surface area contributed by atoms with E-state index in [1.807, 2.05) is 0 Å². The zero-order valence-corrected chi connectivity index (χ0v) is 8.41. The molecule has 1 rings (SSSR count). The summed E-state index contributed by atoms with van der Waals surface area (Å²) in [5, 5.41) is 17.8. The van der Waals surface area contributed by atoms with Crippen molar-refractivity contribution in [1.82, 2.24) is 0 Å². The highest BCUT2D eigenvalue weighted by Gasteiger charge is 2.04. The van der Waals surface area contributed by atoms with Gasteiger partial charge in [-0.15, -0.1) is 0 Å². The molecule has 0 aliphatic heterocycles. The van der Waals surface area contributed by atoms with Gasteiger partial charge in [-0.2, -0.15) is 0 Å². The van der Waals surface area contributed by atoms with E-state index in [0.29, 0.717) is 12.0 Å². The Morgan fingerprint density at radius 3 is 2.77 bits per heavy atom. The summed E-state index contributed by atoms with van der Waals surface area (Å²) in [5.74, 6) is -0.719. The summed E-state index contributed by atoms with van der Waals surface area (Å²) in [6.45, 7) is 0.